The molecule has 3 rings (SSSR count). The molecule has 2 aromatic rings. The van der Waals surface area contributed by atoms with Gasteiger partial charge in [0.25, 0.3) is 0 Å². The molecule has 0 aromatic carbocycles. The van der Waals surface area contributed by atoms with Crippen molar-refractivity contribution in [2.45, 2.75) is 66.3 Å². The van der Waals surface area contributed by atoms with E-state index in [2.05, 4.69) is 18.9 Å². The van der Waals surface area contributed by atoms with Gasteiger partial charge >= 0.3 is 0 Å². The van der Waals surface area contributed by atoms with Crippen LogP contribution in [-0.2, 0) is 4.79 Å². The van der Waals surface area contributed by atoms with E-state index in [1.807, 2.05) is 55.6 Å². The van der Waals surface area contributed by atoms with E-state index in [4.69, 9.17) is 9.97 Å². The normalized spacial score (nSPS) is 18.2. The number of carbonyl (C=O) groups excluding carboxylic acids is 1. The number of likely N-dealkylation sites (tertiary alicyclic amines) is 1. The third-order valence-electron chi connectivity index (χ3n) is 5.01. The van der Waals surface area contributed by atoms with Gasteiger partial charge in [0.05, 0.1) is 11.4 Å². The topological polar surface area (TPSA) is 63.9 Å². The van der Waals surface area contributed by atoms with Crippen molar-refractivity contribution in [3.63, 3.8) is 0 Å². The molecule has 0 spiro atoms. The van der Waals surface area contributed by atoms with Crippen LogP contribution in [0.5, 0.6) is 0 Å². The van der Waals surface area contributed by atoms with Crippen LogP contribution in [0, 0.1) is 12.3 Å². The molecule has 3 heterocycles. The fourth-order valence-corrected chi connectivity index (χ4v) is 3.68. The molecule has 27 heavy (non-hydrogen) atoms. The highest BCUT2D eigenvalue weighted by atomic mass is 16.2. The average Bonchev–Trinajstić information content (AvgIpc) is 3.10. The van der Waals surface area contributed by atoms with Crippen LogP contribution in [0.25, 0.3) is 11.4 Å². The van der Waals surface area contributed by atoms with Gasteiger partial charge in [-0.15, -0.1) is 0 Å². The van der Waals surface area contributed by atoms with Crippen LogP contribution in [0.3, 0.4) is 0 Å². The van der Waals surface area contributed by atoms with Gasteiger partial charge < -0.3 is 4.90 Å². The summed E-state index contributed by atoms with van der Waals surface area (Å²) < 4.78 is 1.99. The molecule has 1 unspecified atom stereocenters. The number of hydrogen-bond donors (Lipinski definition) is 0. The third kappa shape index (κ3) is 4.20. The Balaban J connectivity index is 1.90. The van der Waals surface area contributed by atoms with E-state index in [1.165, 1.54) is 0 Å². The lowest BCUT2D eigenvalue weighted by molar-refractivity contribution is -0.140. The maximum atomic E-state index is 12.7. The second-order valence-corrected chi connectivity index (χ2v) is 8.85. The van der Waals surface area contributed by atoms with Crippen molar-refractivity contribution in [2.75, 3.05) is 13.1 Å². The number of piperidine rings is 1. The molecule has 0 aliphatic carbocycles. The number of nitrogens with zero attached hydrogens (tertiary/aromatic N) is 5. The highest BCUT2D eigenvalue weighted by Crippen LogP contribution is 2.30. The molecule has 2 aromatic heterocycles. The van der Waals surface area contributed by atoms with E-state index in [-0.39, 0.29) is 23.3 Å². The number of amides is 1. The molecule has 1 aliphatic heterocycles. The summed E-state index contributed by atoms with van der Waals surface area (Å²) in [6, 6.07) is 4.28. The molecule has 0 N–H and O–H groups in total. The van der Waals surface area contributed by atoms with E-state index in [9.17, 15) is 4.79 Å². The Morgan fingerprint density at radius 3 is 2.67 bits per heavy atom. The molecule has 0 radical (unpaired) electrons. The summed E-state index contributed by atoms with van der Waals surface area (Å²) >= 11 is 0. The van der Waals surface area contributed by atoms with Gasteiger partial charge in [-0.2, -0.15) is 5.10 Å². The second-order valence-electron chi connectivity index (χ2n) is 8.85. The zero-order valence-electron chi connectivity index (χ0n) is 17.4. The highest BCUT2D eigenvalue weighted by molar-refractivity contribution is 5.81. The van der Waals surface area contributed by atoms with Crippen molar-refractivity contribution >= 4 is 5.91 Å². The number of hydrogen-bond acceptors (Lipinski definition) is 4. The molecular formula is C21H31N5O. The summed E-state index contributed by atoms with van der Waals surface area (Å²) in [6.45, 7) is 13.7. The maximum Gasteiger partial charge on any atom is 0.227 e. The van der Waals surface area contributed by atoms with Crippen LogP contribution >= 0.6 is 0 Å². The van der Waals surface area contributed by atoms with Gasteiger partial charge in [-0.25, -0.2) is 9.97 Å². The van der Waals surface area contributed by atoms with Gasteiger partial charge in [0, 0.05) is 42.4 Å². The molecule has 1 saturated heterocycles. The Hall–Kier alpha value is -2.24. The first-order chi connectivity index (χ1) is 12.7. The standard InChI is InChI=1S/C21H31N5O/c1-14(2)26-18(9-10-22-26)17-12-15(3)23-19(24-17)16-8-7-11-25(13-16)20(27)21(4,5)6/h9-10,12,14,16H,7-8,11,13H2,1-6H3. The van der Waals surface area contributed by atoms with Crippen LogP contribution in [0.4, 0.5) is 0 Å². The average molecular weight is 370 g/mol. The maximum absolute atomic E-state index is 12.7. The molecule has 1 aliphatic rings. The van der Waals surface area contributed by atoms with E-state index < -0.39 is 0 Å². The molecule has 1 atom stereocenters. The zero-order valence-corrected chi connectivity index (χ0v) is 17.4. The number of aromatic nitrogens is 4. The second kappa shape index (κ2) is 7.41. The lowest BCUT2D eigenvalue weighted by atomic mass is 9.91. The molecule has 1 amide bonds. The Morgan fingerprint density at radius 2 is 2.00 bits per heavy atom. The largest absolute Gasteiger partial charge is 0.342 e. The summed E-state index contributed by atoms with van der Waals surface area (Å²) in [6.07, 6.45) is 3.82. The van der Waals surface area contributed by atoms with Crippen molar-refractivity contribution in [2.24, 2.45) is 5.41 Å². The first-order valence-electron chi connectivity index (χ1n) is 9.85. The lowest BCUT2D eigenvalue weighted by Gasteiger charge is -2.36. The van der Waals surface area contributed by atoms with Gasteiger partial charge in [-0.1, -0.05) is 20.8 Å². The van der Waals surface area contributed by atoms with Gasteiger partial charge in [0.15, 0.2) is 0 Å². The lowest BCUT2D eigenvalue weighted by Crippen LogP contribution is -2.44. The van der Waals surface area contributed by atoms with Gasteiger partial charge in [0.1, 0.15) is 5.82 Å². The van der Waals surface area contributed by atoms with E-state index in [1.54, 1.807) is 0 Å². The summed E-state index contributed by atoms with van der Waals surface area (Å²) in [4.78, 5) is 24.3. The quantitative estimate of drug-likeness (QED) is 0.821. The van der Waals surface area contributed by atoms with Crippen LogP contribution in [-0.4, -0.2) is 43.6 Å². The first-order valence-corrected chi connectivity index (χ1v) is 9.85. The van der Waals surface area contributed by atoms with Crippen LogP contribution in [0.15, 0.2) is 18.3 Å². The molecular weight excluding hydrogens is 338 g/mol. The minimum absolute atomic E-state index is 0.180. The SMILES string of the molecule is Cc1cc(-c2ccnn2C(C)C)nc(C2CCCN(C(=O)C(C)(C)C)C2)n1. The van der Waals surface area contributed by atoms with Crippen molar-refractivity contribution in [1.29, 1.82) is 0 Å². The van der Waals surface area contributed by atoms with Gasteiger partial charge in [-0.3, -0.25) is 9.48 Å². The number of rotatable bonds is 3. The highest BCUT2D eigenvalue weighted by Gasteiger charge is 2.32. The predicted octanol–water partition coefficient (Wildman–Crippen LogP) is 3.98. The molecule has 146 valence electrons. The van der Waals surface area contributed by atoms with E-state index >= 15 is 0 Å². The van der Waals surface area contributed by atoms with Crippen molar-refractivity contribution in [3.8, 4) is 11.4 Å². The van der Waals surface area contributed by atoms with Gasteiger partial charge in [0.2, 0.25) is 5.91 Å². The monoisotopic (exact) mass is 369 g/mol. The van der Waals surface area contributed by atoms with E-state index in [0.717, 1.165) is 42.3 Å². The Morgan fingerprint density at radius 1 is 1.26 bits per heavy atom. The molecule has 6 heteroatoms. The summed E-state index contributed by atoms with van der Waals surface area (Å²) in [5, 5.41) is 4.43. The first kappa shape index (κ1) is 19.5. The van der Waals surface area contributed by atoms with Crippen LogP contribution < -0.4 is 0 Å². The fourth-order valence-electron chi connectivity index (χ4n) is 3.68. The summed E-state index contributed by atoms with van der Waals surface area (Å²) in [5.74, 6) is 1.23. The summed E-state index contributed by atoms with van der Waals surface area (Å²) in [5.41, 5.74) is 2.51. The smallest absolute Gasteiger partial charge is 0.227 e. The van der Waals surface area contributed by atoms with Crippen molar-refractivity contribution in [1.82, 2.24) is 24.6 Å². The molecule has 0 saturated carbocycles. The molecule has 1 fully saturated rings. The summed E-state index contributed by atoms with van der Waals surface area (Å²) in [7, 11) is 0. The zero-order chi connectivity index (χ0) is 19.8. The Kier molecular flexibility index (Phi) is 5.36. The number of aryl methyl sites for hydroxylation is 1. The predicted molar refractivity (Wildman–Crippen MR) is 106 cm³/mol. The van der Waals surface area contributed by atoms with Crippen molar-refractivity contribution < 1.29 is 4.79 Å². The Labute approximate surface area is 162 Å². The minimum Gasteiger partial charge on any atom is -0.342 e. The Bertz CT molecular complexity index is 818. The fraction of sp³-hybridized carbons (Fsp3) is 0.619. The number of carbonyl (C=O) groups is 1. The minimum atomic E-state index is -0.357. The molecule has 6 nitrogen and oxygen atoms in total. The third-order valence-corrected chi connectivity index (χ3v) is 5.01. The van der Waals surface area contributed by atoms with E-state index in [0.29, 0.717) is 6.54 Å². The molecule has 0 bridgehead atoms. The van der Waals surface area contributed by atoms with Crippen molar-refractivity contribution in [3.05, 3.63) is 29.8 Å². The van der Waals surface area contributed by atoms with Crippen LogP contribution in [0.2, 0.25) is 0 Å². The van der Waals surface area contributed by atoms with Gasteiger partial charge in [-0.05, 0) is 45.7 Å². The van der Waals surface area contributed by atoms with Crippen LogP contribution in [0.1, 0.15) is 70.9 Å².